The topological polar surface area (TPSA) is 68.2 Å². The summed E-state index contributed by atoms with van der Waals surface area (Å²) in [5.41, 5.74) is 0. The van der Waals surface area contributed by atoms with Gasteiger partial charge in [0.1, 0.15) is 18.3 Å². The van der Waals surface area contributed by atoms with E-state index in [-0.39, 0.29) is 6.10 Å². The molecule has 0 spiro atoms. The third-order valence-corrected chi connectivity index (χ3v) is 2.82. The van der Waals surface area contributed by atoms with Gasteiger partial charge < -0.3 is 24.4 Å². The van der Waals surface area contributed by atoms with Crippen LogP contribution >= 0.6 is 0 Å². The smallest absolute Gasteiger partial charge is 0.186 e. The fourth-order valence-corrected chi connectivity index (χ4v) is 1.80. The summed E-state index contributed by atoms with van der Waals surface area (Å²) in [7, 11) is 1.44. The molecule has 5 nitrogen and oxygen atoms in total. The zero-order chi connectivity index (χ0) is 12.1. The number of methoxy groups -OCH3 is 1. The molecule has 96 valence electrons. The first-order chi connectivity index (χ1) is 7.61. The Labute approximate surface area is 96.3 Å². The third-order valence-electron chi connectivity index (χ3n) is 2.82. The number of aliphatic hydroxyl groups excluding tert-OH is 2. The van der Waals surface area contributed by atoms with Gasteiger partial charge in [0.2, 0.25) is 0 Å². The van der Waals surface area contributed by atoms with Crippen molar-refractivity contribution >= 4 is 0 Å². The summed E-state index contributed by atoms with van der Waals surface area (Å²) in [5, 5.41) is 19.6. The van der Waals surface area contributed by atoms with E-state index in [0.29, 0.717) is 6.61 Å². The maximum Gasteiger partial charge on any atom is 0.186 e. The molecular formula is C11H22O5. The fraction of sp³-hybridized carbons (Fsp3) is 1.00. The van der Waals surface area contributed by atoms with E-state index in [1.54, 1.807) is 6.92 Å². The summed E-state index contributed by atoms with van der Waals surface area (Å²) in [6.07, 6.45) is -1.64. The molecule has 0 aromatic heterocycles. The summed E-state index contributed by atoms with van der Waals surface area (Å²) in [6, 6.07) is 0. The lowest BCUT2D eigenvalue weighted by atomic mass is 10.00. The second-order valence-electron chi connectivity index (χ2n) is 4.12. The highest BCUT2D eigenvalue weighted by Gasteiger charge is 2.43. The highest BCUT2D eigenvalue weighted by atomic mass is 16.7. The summed E-state index contributed by atoms with van der Waals surface area (Å²) >= 11 is 0. The molecule has 1 heterocycles. The molecule has 1 rings (SSSR count). The number of hydrogen-bond donors (Lipinski definition) is 2. The minimum absolute atomic E-state index is 0.291. The highest BCUT2D eigenvalue weighted by molar-refractivity contribution is 4.88. The van der Waals surface area contributed by atoms with E-state index in [4.69, 9.17) is 14.2 Å². The molecule has 5 atom stereocenters. The van der Waals surface area contributed by atoms with Crippen LogP contribution in [0.25, 0.3) is 0 Å². The van der Waals surface area contributed by atoms with Gasteiger partial charge in [-0.05, 0) is 13.3 Å². The van der Waals surface area contributed by atoms with Gasteiger partial charge in [0.25, 0.3) is 0 Å². The van der Waals surface area contributed by atoms with Gasteiger partial charge in [-0.25, -0.2) is 0 Å². The second kappa shape index (κ2) is 6.51. The average molecular weight is 234 g/mol. The molecule has 0 aromatic rings. The van der Waals surface area contributed by atoms with Crippen molar-refractivity contribution in [3.05, 3.63) is 0 Å². The Hall–Kier alpha value is -0.200. The van der Waals surface area contributed by atoms with Crippen molar-refractivity contribution in [2.75, 3.05) is 13.7 Å². The number of ether oxygens (including phenoxy) is 3. The van der Waals surface area contributed by atoms with Gasteiger partial charge >= 0.3 is 0 Å². The lowest BCUT2D eigenvalue weighted by Crippen LogP contribution is -2.58. The summed E-state index contributed by atoms with van der Waals surface area (Å²) in [4.78, 5) is 0. The molecular weight excluding hydrogens is 212 g/mol. The summed E-state index contributed by atoms with van der Waals surface area (Å²) < 4.78 is 15.9. The predicted molar refractivity (Wildman–Crippen MR) is 58.0 cm³/mol. The number of hydrogen-bond acceptors (Lipinski definition) is 5. The molecule has 1 fully saturated rings. The monoisotopic (exact) mass is 234 g/mol. The Balaban J connectivity index is 2.50. The minimum atomic E-state index is -1.06. The van der Waals surface area contributed by atoms with E-state index in [2.05, 4.69) is 6.92 Å². The fourth-order valence-electron chi connectivity index (χ4n) is 1.80. The Morgan fingerprint density at radius 3 is 2.50 bits per heavy atom. The molecule has 1 saturated heterocycles. The second-order valence-corrected chi connectivity index (χ2v) is 4.12. The quantitative estimate of drug-likeness (QED) is 0.669. The minimum Gasteiger partial charge on any atom is -0.387 e. The van der Waals surface area contributed by atoms with Crippen LogP contribution in [0.15, 0.2) is 0 Å². The first kappa shape index (κ1) is 13.9. The Morgan fingerprint density at radius 1 is 1.25 bits per heavy atom. The first-order valence-electron chi connectivity index (χ1n) is 5.77. The largest absolute Gasteiger partial charge is 0.387 e. The van der Waals surface area contributed by atoms with Crippen molar-refractivity contribution in [1.82, 2.24) is 0 Å². The zero-order valence-corrected chi connectivity index (χ0v) is 10.1. The van der Waals surface area contributed by atoms with Crippen molar-refractivity contribution in [3.63, 3.8) is 0 Å². The first-order valence-corrected chi connectivity index (χ1v) is 5.77. The Morgan fingerprint density at radius 2 is 1.94 bits per heavy atom. The van der Waals surface area contributed by atoms with Gasteiger partial charge in [-0.2, -0.15) is 0 Å². The lowest BCUT2D eigenvalue weighted by molar-refractivity contribution is -0.293. The van der Waals surface area contributed by atoms with Gasteiger partial charge in [-0.15, -0.1) is 0 Å². The summed E-state index contributed by atoms with van der Waals surface area (Å²) in [6.45, 7) is 4.43. The molecule has 0 radical (unpaired) electrons. The Bertz CT molecular complexity index is 199. The maximum atomic E-state index is 9.87. The molecule has 1 aliphatic rings. The maximum absolute atomic E-state index is 9.87. The van der Waals surface area contributed by atoms with Crippen LogP contribution in [0.2, 0.25) is 0 Å². The van der Waals surface area contributed by atoms with E-state index in [1.165, 1.54) is 7.11 Å². The van der Waals surface area contributed by atoms with Gasteiger partial charge in [-0.3, -0.25) is 0 Å². The van der Waals surface area contributed by atoms with Crippen LogP contribution < -0.4 is 0 Å². The van der Waals surface area contributed by atoms with Crippen LogP contribution in [0.3, 0.4) is 0 Å². The molecule has 0 unspecified atom stereocenters. The van der Waals surface area contributed by atoms with Gasteiger partial charge in [0, 0.05) is 13.7 Å². The predicted octanol–water partition coefficient (Wildman–Crippen LogP) is 0.285. The molecule has 0 saturated carbocycles. The van der Waals surface area contributed by atoms with Crippen LogP contribution in [-0.2, 0) is 14.2 Å². The van der Waals surface area contributed by atoms with Crippen LogP contribution in [0.1, 0.15) is 26.7 Å². The molecule has 5 heteroatoms. The number of rotatable bonds is 5. The van der Waals surface area contributed by atoms with Gasteiger partial charge in [0.15, 0.2) is 6.29 Å². The number of unbranched alkanes of at least 4 members (excludes halogenated alkanes) is 1. The van der Waals surface area contributed by atoms with Crippen molar-refractivity contribution in [3.8, 4) is 0 Å². The van der Waals surface area contributed by atoms with E-state index in [9.17, 15) is 10.2 Å². The zero-order valence-electron chi connectivity index (χ0n) is 10.1. The van der Waals surface area contributed by atoms with Crippen LogP contribution in [0, 0.1) is 0 Å². The Kier molecular flexibility index (Phi) is 5.64. The molecule has 0 bridgehead atoms. The van der Waals surface area contributed by atoms with E-state index < -0.39 is 24.6 Å². The number of aliphatic hydroxyl groups is 2. The molecule has 16 heavy (non-hydrogen) atoms. The van der Waals surface area contributed by atoms with Crippen molar-refractivity contribution < 1.29 is 24.4 Å². The van der Waals surface area contributed by atoms with Crippen molar-refractivity contribution in [2.24, 2.45) is 0 Å². The average Bonchev–Trinajstić information content (AvgIpc) is 2.28. The van der Waals surface area contributed by atoms with Crippen LogP contribution in [0.5, 0.6) is 0 Å². The van der Waals surface area contributed by atoms with E-state index >= 15 is 0 Å². The third kappa shape index (κ3) is 3.15. The SMILES string of the molecule is CCCCO[C@H]1[C@H](O)[C@H](O)[C@@H](OC)O[C@@H]1C. The van der Waals surface area contributed by atoms with Gasteiger partial charge in [-0.1, -0.05) is 13.3 Å². The highest BCUT2D eigenvalue weighted by Crippen LogP contribution is 2.23. The van der Waals surface area contributed by atoms with E-state index in [1.807, 2.05) is 0 Å². The molecule has 0 aromatic carbocycles. The lowest BCUT2D eigenvalue weighted by Gasteiger charge is -2.40. The van der Waals surface area contributed by atoms with Crippen molar-refractivity contribution in [1.29, 1.82) is 0 Å². The molecule has 0 aliphatic carbocycles. The molecule has 1 aliphatic heterocycles. The molecule has 2 N–H and O–H groups in total. The van der Waals surface area contributed by atoms with Crippen molar-refractivity contribution in [2.45, 2.75) is 57.4 Å². The van der Waals surface area contributed by atoms with Crippen LogP contribution in [-0.4, -0.2) is 54.6 Å². The van der Waals surface area contributed by atoms with Gasteiger partial charge in [0.05, 0.1) is 6.10 Å². The molecule has 0 amide bonds. The summed E-state index contributed by atoms with van der Waals surface area (Å²) in [5.74, 6) is 0. The van der Waals surface area contributed by atoms with E-state index in [0.717, 1.165) is 12.8 Å². The normalized spacial score (nSPS) is 39.9. The van der Waals surface area contributed by atoms with Crippen LogP contribution in [0.4, 0.5) is 0 Å². The standard InChI is InChI=1S/C11H22O5/c1-4-5-6-15-10-7(2)16-11(14-3)9(13)8(10)12/h7-13H,4-6H2,1-3H3/t7-,8-,9+,10-,11+/m1/s1.